The molecule has 6 aromatic rings. The van der Waals surface area contributed by atoms with Crippen molar-refractivity contribution < 1.29 is 0 Å². The van der Waals surface area contributed by atoms with Gasteiger partial charge in [0.05, 0.1) is 16.7 Å². The van der Waals surface area contributed by atoms with Crippen LogP contribution >= 0.6 is 0 Å². The van der Waals surface area contributed by atoms with Crippen LogP contribution in [0.1, 0.15) is 30.7 Å². The van der Waals surface area contributed by atoms with E-state index in [2.05, 4.69) is 105 Å². The van der Waals surface area contributed by atoms with Crippen LogP contribution in [0.2, 0.25) is 0 Å². The van der Waals surface area contributed by atoms with Crippen molar-refractivity contribution in [1.82, 2.24) is 9.55 Å². The molecule has 0 amide bonds. The molecular formula is C39H28N2O. The summed E-state index contributed by atoms with van der Waals surface area (Å²) in [5.74, 6) is 0. The van der Waals surface area contributed by atoms with E-state index >= 15 is 0 Å². The van der Waals surface area contributed by atoms with Crippen LogP contribution < -0.4 is 5.56 Å². The molecule has 8 rings (SSSR count). The van der Waals surface area contributed by atoms with E-state index in [0.717, 1.165) is 66.5 Å². The standard InChI is InChI=1S/C39H28N2O/c1-25-12-11-19-34-36-35(20-25)40-24-33-31-17-9-10-18-32(31)38(42)41(37(33)36)39(34,2)30-22-28(26-13-5-3-6-14-26)21-29(23-30)27-15-7-4-8-16-27/h3-24H,1-2H3/b12-11?,19-11?,25-12?,25-20?,34-19+,35-20?. The first kappa shape index (κ1) is 24.5. The van der Waals surface area contributed by atoms with Gasteiger partial charge < -0.3 is 0 Å². The monoisotopic (exact) mass is 540 g/mol. The topological polar surface area (TPSA) is 34.9 Å². The van der Waals surface area contributed by atoms with Crippen molar-refractivity contribution in [2.45, 2.75) is 19.4 Å². The fourth-order valence-electron chi connectivity index (χ4n) is 6.83. The molecule has 3 heteroatoms. The minimum absolute atomic E-state index is 0.0118. The van der Waals surface area contributed by atoms with Crippen LogP contribution in [0.25, 0.3) is 55.6 Å². The fraction of sp³-hybridized carbons (Fsp3) is 0.0769. The van der Waals surface area contributed by atoms with E-state index in [1.54, 1.807) is 0 Å². The number of hydrogen-bond acceptors (Lipinski definition) is 2. The summed E-state index contributed by atoms with van der Waals surface area (Å²) >= 11 is 0. The summed E-state index contributed by atoms with van der Waals surface area (Å²) in [4.78, 5) is 19.6. The molecule has 1 atom stereocenters. The fourth-order valence-corrected chi connectivity index (χ4v) is 6.83. The molecule has 4 aromatic carbocycles. The highest BCUT2D eigenvalue weighted by atomic mass is 16.1. The van der Waals surface area contributed by atoms with Crippen LogP contribution in [-0.4, -0.2) is 9.55 Å². The van der Waals surface area contributed by atoms with Crippen LogP contribution in [-0.2, 0) is 5.54 Å². The Labute approximate surface area is 244 Å². The van der Waals surface area contributed by atoms with Gasteiger partial charge in [-0.2, -0.15) is 0 Å². The molecule has 0 bridgehead atoms. The predicted molar refractivity (Wildman–Crippen MR) is 174 cm³/mol. The number of fused-ring (bicyclic) bond motifs is 2. The second-order valence-electron chi connectivity index (χ2n) is 11.4. The zero-order chi connectivity index (χ0) is 28.4. The van der Waals surface area contributed by atoms with Crippen LogP contribution in [0.15, 0.2) is 138 Å². The Morgan fingerprint density at radius 2 is 1.33 bits per heavy atom. The van der Waals surface area contributed by atoms with E-state index in [4.69, 9.17) is 4.98 Å². The van der Waals surface area contributed by atoms with Gasteiger partial charge in [0.15, 0.2) is 0 Å². The lowest BCUT2D eigenvalue weighted by atomic mass is 9.79. The highest BCUT2D eigenvalue weighted by Crippen LogP contribution is 2.51. The van der Waals surface area contributed by atoms with Crippen LogP contribution in [0, 0.1) is 0 Å². The van der Waals surface area contributed by atoms with E-state index in [-0.39, 0.29) is 5.56 Å². The van der Waals surface area contributed by atoms with E-state index < -0.39 is 5.54 Å². The Hall–Kier alpha value is -5.28. The molecule has 2 aromatic heterocycles. The molecule has 0 radical (unpaired) electrons. The lowest BCUT2D eigenvalue weighted by molar-refractivity contribution is 0.532. The number of rotatable bonds is 3. The van der Waals surface area contributed by atoms with Crippen molar-refractivity contribution in [2.75, 3.05) is 0 Å². The van der Waals surface area contributed by atoms with Crippen molar-refractivity contribution in [2.24, 2.45) is 0 Å². The van der Waals surface area contributed by atoms with Crippen molar-refractivity contribution in [1.29, 1.82) is 0 Å². The van der Waals surface area contributed by atoms with Gasteiger partial charge in [-0.05, 0) is 88.5 Å². The maximum Gasteiger partial charge on any atom is 0.260 e. The van der Waals surface area contributed by atoms with Gasteiger partial charge in [0.2, 0.25) is 0 Å². The molecule has 3 heterocycles. The Morgan fingerprint density at radius 3 is 2.00 bits per heavy atom. The minimum Gasteiger partial charge on any atom is -0.293 e. The Bertz CT molecular complexity index is 2160. The molecule has 1 unspecified atom stereocenters. The van der Waals surface area contributed by atoms with Crippen LogP contribution in [0.3, 0.4) is 0 Å². The van der Waals surface area contributed by atoms with Gasteiger partial charge in [-0.15, -0.1) is 0 Å². The third-order valence-electron chi connectivity index (χ3n) is 8.89. The largest absolute Gasteiger partial charge is 0.293 e. The normalized spacial score (nSPS) is 18.4. The molecule has 1 aliphatic carbocycles. The highest BCUT2D eigenvalue weighted by Gasteiger charge is 2.44. The molecule has 0 N–H and O–H groups in total. The second kappa shape index (κ2) is 9.12. The summed E-state index contributed by atoms with van der Waals surface area (Å²) < 4.78 is 2.04. The number of benzene rings is 4. The Morgan fingerprint density at radius 1 is 0.714 bits per heavy atom. The molecule has 3 nitrogen and oxygen atoms in total. The summed E-state index contributed by atoms with van der Waals surface area (Å²) in [6.45, 7) is 4.29. The summed E-state index contributed by atoms with van der Waals surface area (Å²) in [6, 6.07) is 35.7. The summed E-state index contributed by atoms with van der Waals surface area (Å²) in [6.07, 6.45) is 10.5. The smallest absolute Gasteiger partial charge is 0.260 e. The summed E-state index contributed by atoms with van der Waals surface area (Å²) in [5.41, 5.74) is 9.87. The number of pyridine rings is 2. The summed E-state index contributed by atoms with van der Waals surface area (Å²) in [7, 11) is 0. The third kappa shape index (κ3) is 3.47. The summed E-state index contributed by atoms with van der Waals surface area (Å²) in [5, 5.41) is 2.64. The van der Waals surface area contributed by atoms with Crippen molar-refractivity contribution in [3.8, 4) is 22.3 Å². The molecule has 1 aliphatic heterocycles. The first-order valence-corrected chi connectivity index (χ1v) is 14.3. The van der Waals surface area contributed by atoms with Crippen molar-refractivity contribution in [3.05, 3.63) is 160 Å². The molecule has 0 fully saturated rings. The number of hydrogen-bond donors (Lipinski definition) is 0. The maximum atomic E-state index is 14.6. The zero-order valence-electron chi connectivity index (χ0n) is 23.5. The van der Waals surface area contributed by atoms with E-state index in [9.17, 15) is 4.79 Å². The van der Waals surface area contributed by atoms with E-state index in [1.807, 2.05) is 47.2 Å². The van der Waals surface area contributed by atoms with Gasteiger partial charge in [0, 0.05) is 22.5 Å². The number of nitrogens with zero attached hydrogens (tertiary/aromatic N) is 2. The lowest BCUT2D eigenvalue weighted by Crippen LogP contribution is -2.37. The van der Waals surface area contributed by atoms with Gasteiger partial charge in [0.25, 0.3) is 5.56 Å². The van der Waals surface area contributed by atoms with Gasteiger partial charge in [0.1, 0.15) is 0 Å². The quantitative estimate of drug-likeness (QED) is 0.210. The van der Waals surface area contributed by atoms with Crippen LogP contribution in [0.4, 0.5) is 0 Å². The average molecular weight is 541 g/mol. The van der Waals surface area contributed by atoms with Crippen molar-refractivity contribution in [3.63, 3.8) is 0 Å². The molecule has 42 heavy (non-hydrogen) atoms. The van der Waals surface area contributed by atoms with Gasteiger partial charge >= 0.3 is 0 Å². The van der Waals surface area contributed by atoms with Gasteiger partial charge in [-0.25, -0.2) is 0 Å². The van der Waals surface area contributed by atoms with Gasteiger partial charge in [-0.3, -0.25) is 14.3 Å². The maximum absolute atomic E-state index is 14.6. The minimum atomic E-state index is -0.781. The van der Waals surface area contributed by atoms with E-state index in [1.165, 1.54) is 0 Å². The van der Waals surface area contributed by atoms with Gasteiger partial charge in [-0.1, -0.05) is 97.1 Å². The SMILES string of the molecule is CC1=Cc2ncc3c4ccccc4c(=O)n4c3c2/C(=C\C=C1)C4(C)c1cc(-c2ccccc2)cc(-c2ccccc2)c1. The Balaban J connectivity index is 1.53. The number of allylic oxidation sites excluding steroid dienone is 5. The molecular weight excluding hydrogens is 512 g/mol. The first-order chi connectivity index (χ1) is 20.5. The molecule has 0 saturated carbocycles. The second-order valence-corrected chi connectivity index (χ2v) is 11.4. The highest BCUT2D eigenvalue weighted by molar-refractivity contribution is 6.12. The predicted octanol–water partition coefficient (Wildman–Crippen LogP) is 9.02. The molecule has 0 saturated heterocycles. The molecule has 0 spiro atoms. The average Bonchev–Trinajstić information content (AvgIpc) is 3.30. The zero-order valence-corrected chi connectivity index (χ0v) is 23.5. The Kier molecular flexibility index (Phi) is 5.32. The number of aromatic nitrogens is 2. The lowest BCUT2D eigenvalue weighted by Gasteiger charge is -2.32. The first-order valence-electron chi connectivity index (χ1n) is 14.3. The molecule has 2 aliphatic rings. The van der Waals surface area contributed by atoms with E-state index in [0.29, 0.717) is 5.39 Å². The van der Waals surface area contributed by atoms with Crippen LogP contribution in [0.5, 0.6) is 0 Å². The van der Waals surface area contributed by atoms with Crippen molar-refractivity contribution >= 4 is 33.3 Å². The molecule has 200 valence electrons. The third-order valence-corrected chi connectivity index (χ3v) is 8.89.